The summed E-state index contributed by atoms with van der Waals surface area (Å²) in [6.45, 7) is 0. The zero-order valence-corrected chi connectivity index (χ0v) is 12.8. The lowest BCUT2D eigenvalue weighted by Gasteiger charge is -2.30. The monoisotopic (exact) mass is 304 g/mol. The second-order valence-electron chi connectivity index (χ2n) is 4.84. The summed E-state index contributed by atoms with van der Waals surface area (Å²) >= 11 is 1.72. The molecular formula is C11H20N4O2S2. The Bertz CT molecular complexity index is 541. The lowest BCUT2D eigenvalue weighted by Crippen LogP contribution is -2.43. The predicted molar refractivity (Wildman–Crippen MR) is 77.5 cm³/mol. The summed E-state index contributed by atoms with van der Waals surface area (Å²) in [5, 5.41) is 4.21. The van der Waals surface area contributed by atoms with Crippen LogP contribution in [0.2, 0.25) is 0 Å². The average Bonchev–Trinajstić information content (AvgIpc) is 2.69. The van der Waals surface area contributed by atoms with E-state index in [2.05, 4.69) is 9.82 Å². The molecule has 2 unspecified atom stereocenters. The van der Waals surface area contributed by atoms with Crippen molar-refractivity contribution in [3.05, 3.63) is 6.20 Å². The van der Waals surface area contributed by atoms with Gasteiger partial charge in [0.2, 0.25) is 10.0 Å². The number of nitrogens with one attached hydrogen (secondary N) is 1. The predicted octanol–water partition coefficient (Wildman–Crippen LogP) is 0.955. The van der Waals surface area contributed by atoms with Crippen LogP contribution < -0.4 is 10.5 Å². The first-order chi connectivity index (χ1) is 8.94. The Morgan fingerprint density at radius 3 is 2.74 bits per heavy atom. The van der Waals surface area contributed by atoms with E-state index >= 15 is 0 Å². The molecule has 0 aliphatic heterocycles. The highest BCUT2D eigenvalue weighted by atomic mass is 32.2. The van der Waals surface area contributed by atoms with Crippen molar-refractivity contribution in [3.63, 3.8) is 0 Å². The number of sulfonamides is 1. The lowest BCUT2D eigenvalue weighted by molar-refractivity contribution is 0.423. The van der Waals surface area contributed by atoms with E-state index in [0.29, 0.717) is 5.25 Å². The van der Waals surface area contributed by atoms with Crippen LogP contribution in [0.15, 0.2) is 11.1 Å². The van der Waals surface area contributed by atoms with Crippen LogP contribution in [0.4, 0.5) is 5.82 Å². The third-order valence-corrected chi connectivity index (χ3v) is 6.10. The van der Waals surface area contributed by atoms with Gasteiger partial charge in [0.05, 0.1) is 0 Å². The van der Waals surface area contributed by atoms with E-state index < -0.39 is 10.0 Å². The second kappa shape index (κ2) is 5.72. The Balaban J connectivity index is 2.19. The Hall–Kier alpha value is -0.730. The normalized spacial score (nSPS) is 24.5. The van der Waals surface area contributed by atoms with Gasteiger partial charge in [-0.3, -0.25) is 4.68 Å². The second-order valence-corrected chi connectivity index (χ2v) is 7.60. The van der Waals surface area contributed by atoms with Gasteiger partial charge in [-0.15, -0.1) is 0 Å². The van der Waals surface area contributed by atoms with Gasteiger partial charge in [-0.2, -0.15) is 16.9 Å². The molecule has 1 aliphatic rings. The van der Waals surface area contributed by atoms with E-state index in [4.69, 9.17) is 5.73 Å². The Morgan fingerprint density at radius 1 is 1.47 bits per heavy atom. The van der Waals surface area contributed by atoms with Crippen molar-refractivity contribution in [1.82, 2.24) is 14.5 Å². The molecule has 0 bridgehead atoms. The smallest absolute Gasteiger partial charge is 0.246 e. The lowest BCUT2D eigenvalue weighted by atomic mass is 9.96. The number of anilines is 1. The van der Waals surface area contributed by atoms with Crippen molar-refractivity contribution < 1.29 is 8.42 Å². The van der Waals surface area contributed by atoms with Crippen LogP contribution in [0.1, 0.15) is 25.7 Å². The fourth-order valence-electron chi connectivity index (χ4n) is 2.47. The average molecular weight is 304 g/mol. The van der Waals surface area contributed by atoms with Gasteiger partial charge < -0.3 is 5.73 Å². The Kier molecular flexibility index (Phi) is 4.42. The summed E-state index contributed by atoms with van der Waals surface area (Å²) < 4.78 is 28.9. The zero-order valence-electron chi connectivity index (χ0n) is 11.2. The van der Waals surface area contributed by atoms with E-state index in [1.807, 2.05) is 6.26 Å². The summed E-state index contributed by atoms with van der Waals surface area (Å²) in [4.78, 5) is 0.0698. The summed E-state index contributed by atoms with van der Waals surface area (Å²) in [6, 6.07) is -0.0200. The van der Waals surface area contributed by atoms with Crippen LogP contribution in [0.3, 0.4) is 0 Å². The maximum atomic E-state index is 12.3. The highest BCUT2D eigenvalue weighted by Crippen LogP contribution is 2.28. The minimum atomic E-state index is -3.58. The first kappa shape index (κ1) is 14.7. The molecule has 2 atom stereocenters. The molecule has 1 fully saturated rings. The Labute approximate surface area is 118 Å². The Morgan fingerprint density at radius 2 is 2.16 bits per heavy atom. The number of hydrogen-bond donors (Lipinski definition) is 2. The number of hydrogen-bond acceptors (Lipinski definition) is 5. The van der Waals surface area contributed by atoms with E-state index in [9.17, 15) is 8.42 Å². The minimum absolute atomic E-state index is 0.0200. The number of aromatic nitrogens is 2. The van der Waals surface area contributed by atoms with Gasteiger partial charge in [-0.05, 0) is 19.1 Å². The third kappa shape index (κ3) is 3.24. The van der Waals surface area contributed by atoms with Crippen LogP contribution >= 0.6 is 11.8 Å². The summed E-state index contributed by atoms with van der Waals surface area (Å²) in [6.07, 6.45) is 7.62. The summed E-state index contributed by atoms with van der Waals surface area (Å²) in [5.74, 6) is 0.0477. The van der Waals surface area contributed by atoms with E-state index in [0.717, 1.165) is 19.3 Å². The number of thioether (sulfide) groups is 1. The third-order valence-electron chi connectivity index (χ3n) is 3.42. The van der Waals surface area contributed by atoms with Crippen LogP contribution in [0.5, 0.6) is 0 Å². The molecular weight excluding hydrogens is 284 g/mol. The van der Waals surface area contributed by atoms with Crippen molar-refractivity contribution in [2.75, 3.05) is 12.0 Å². The molecule has 1 heterocycles. The first-order valence-corrected chi connectivity index (χ1v) is 9.05. The van der Waals surface area contributed by atoms with Gasteiger partial charge in [-0.1, -0.05) is 12.8 Å². The van der Waals surface area contributed by atoms with Gasteiger partial charge >= 0.3 is 0 Å². The van der Waals surface area contributed by atoms with Gasteiger partial charge in [0, 0.05) is 24.5 Å². The molecule has 0 saturated heterocycles. The van der Waals surface area contributed by atoms with Gasteiger partial charge in [0.25, 0.3) is 0 Å². The highest BCUT2D eigenvalue weighted by Gasteiger charge is 2.30. The number of aryl methyl sites for hydroxylation is 1. The maximum absolute atomic E-state index is 12.3. The maximum Gasteiger partial charge on any atom is 0.246 e. The van der Waals surface area contributed by atoms with Crippen LogP contribution in [0.25, 0.3) is 0 Å². The van der Waals surface area contributed by atoms with Crippen molar-refractivity contribution >= 4 is 27.6 Å². The number of nitrogens with zero attached hydrogens (tertiary/aromatic N) is 2. The molecule has 1 saturated carbocycles. The molecule has 8 heteroatoms. The summed E-state index contributed by atoms with van der Waals surface area (Å²) in [7, 11) is -1.93. The largest absolute Gasteiger partial charge is 0.381 e. The van der Waals surface area contributed by atoms with Crippen molar-refractivity contribution in [2.45, 2.75) is 41.9 Å². The number of rotatable bonds is 4. The van der Waals surface area contributed by atoms with Gasteiger partial charge in [0.15, 0.2) is 5.82 Å². The van der Waals surface area contributed by atoms with Gasteiger partial charge in [-0.25, -0.2) is 13.1 Å². The number of nitrogens with two attached hydrogens (primary N) is 1. The van der Waals surface area contributed by atoms with E-state index in [1.165, 1.54) is 17.3 Å². The molecule has 1 aliphatic carbocycles. The fraction of sp³-hybridized carbons (Fsp3) is 0.727. The minimum Gasteiger partial charge on any atom is -0.381 e. The standard InChI is InChI=1S/C11H20N4O2S2/c1-15-7-10(11(12)13-15)19(16,17)14-8-5-3-4-6-9(8)18-2/h7-9,14H,3-6H2,1-2H3,(H2,12,13). The van der Waals surface area contributed by atoms with Crippen LogP contribution in [0, 0.1) is 0 Å². The molecule has 2 rings (SSSR count). The fourth-order valence-corrected chi connectivity index (χ4v) is 4.90. The quantitative estimate of drug-likeness (QED) is 0.864. The topological polar surface area (TPSA) is 90.0 Å². The number of nitrogen functional groups attached to an aromatic ring is 1. The van der Waals surface area contributed by atoms with Crippen molar-refractivity contribution in [1.29, 1.82) is 0 Å². The molecule has 0 spiro atoms. The highest BCUT2D eigenvalue weighted by molar-refractivity contribution is 7.99. The molecule has 1 aromatic heterocycles. The van der Waals surface area contributed by atoms with Crippen LogP contribution in [-0.2, 0) is 17.1 Å². The molecule has 19 heavy (non-hydrogen) atoms. The van der Waals surface area contributed by atoms with E-state index in [1.54, 1.807) is 18.8 Å². The van der Waals surface area contributed by atoms with Crippen molar-refractivity contribution in [2.24, 2.45) is 7.05 Å². The molecule has 0 radical (unpaired) electrons. The van der Waals surface area contributed by atoms with E-state index in [-0.39, 0.29) is 16.8 Å². The van der Waals surface area contributed by atoms with Gasteiger partial charge in [0.1, 0.15) is 4.90 Å². The molecule has 1 aromatic rings. The first-order valence-electron chi connectivity index (χ1n) is 6.28. The SMILES string of the molecule is CSC1CCCCC1NS(=O)(=O)c1cn(C)nc1N. The van der Waals surface area contributed by atoms with Crippen molar-refractivity contribution in [3.8, 4) is 0 Å². The molecule has 6 nitrogen and oxygen atoms in total. The summed E-state index contributed by atoms with van der Waals surface area (Å²) in [5.41, 5.74) is 5.64. The zero-order chi connectivity index (χ0) is 14.0. The molecule has 0 aromatic carbocycles. The van der Waals surface area contributed by atoms with Crippen LogP contribution in [-0.4, -0.2) is 35.7 Å². The molecule has 0 amide bonds. The molecule has 108 valence electrons. The molecule has 3 N–H and O–H groups in total.